The predicted octanol–water partition coefficient (Wildman–Crippen LogP) is 6.89. The summed E-state index contributed by atoms with van der Waals surface area (Å²) in [5, 5.41) is 0.824. The molecule has 0 spiro atoms. The van der Waals surface area contributed by atoms with Gasteiger partial charge < -0.3 is 4.98 Å². The lowest BCUT2D eigenvalue weighted by Crippen LogP contribution is -2.46. The molecule has 0 radical (unpaired) electrons. The zero-order chi connectivity index (χ0) is 22.9. The van der Waals surface area contributed by atoms with Gasteiger partial charge in [-0.15, -0.1) is 0 Å². The van der Waals surface area contributed by atoms with E-state index in [-0.39, 0.29) is 0 Å². The zero-order valence-corrected chi connectivity index (χ0v) is 21.7. The van der Waals surface area contributed by atoms with E-state index in [0.717, 1.165) is 32.2 Å². The molecule has 3 aromatic carbocycles. The summed E-state index contributed by atoms with van der Waals surface area (Å²) in [6.45, 7) is 0.586. The molecule has 5 rings (SSSR count). The van der Waals surface area contributed by atoms with Crippen molar-refractivity contribution >= 4 is 51.8 Å². The molecule has 5 heteroatoms. The molecule has 1 aromatic heterocycles. The number of nitrogens with zero attached hydrogens (tertiary/aromatic N) is 1. The predicted molar refractivity (Wildman–Crippen MR) is 150 cm³/mol. The number of aromatic nitrogens is 2. The molecule has 0 saturated heterocycles. The van der Waals surface area contributed by atoms with Crippen LogP contribution >= 0.6 is 34.2 Å². The highest BCUT2D eigenvalue weighted by molar-refractivity contribution is 14.1. The van der Waals surface area contributed by atoms with Crippen molar-refractivity contribution in [3.05, 3.63) is 111 Å². The van der Waals surface area contributed by atoms with Crippen molar-refractivity contribution in [3.63, 3.8) is 0 Å². The highest BCUT2D eigenvalue weighted by Crippen LogP contribution is 2.31. The summed E-state index contributed by atoms with van der Waals surface area (Å²) in [6.07, 6.45) is 11.3. The molecule has 33 heavy (non-hydrogen) atoms. The van der Waals surface area contributed by atoms with E-state index in [1.807, 2.05) is 24.4 Å². The molecule has 1 aliphatic carbocycles. The van der Waals surface area contributed by atoms with Crippen molar-refractivity contribution in [1.82, 2.24) is 9.97 Å². The first kappa shape index (κ1) is 24.1. The van der Waals surface area contributed by atoms with E-state index in [1.54, 1.807) is 6.20 Å². The molecular formula is C28H29BClIN2. The molecule has 0 aliphatic heterocycles. The van der Waals surface area contributed by atoms with Gasteiger partial charge in [-0.1, -0.05) is 133 Å². The van der Waals surface area contributed by atoms with Crippen molar-refractivity contribution in [2.24, 2.45) is 0 Å². The van der Waals surface area contributed by atoms with Crippen LogP contribution in [-0.4, -0.2) is 16.7 Å². The van der Waals surface area contributed by atoms with Gasteiger partial charge in [0.2, 0.25) is 6.71 Å². The highest BCUT2D eigenvalue weighted by atomic mass is 127. The van der Waals surface area contributed by atoms with Gasteiger partial charge in [0.1, 0.15) is 5.82 Å². The number of hydrogen-bond acceptors (Lipinski definition) is 1. The van der Waals surface area contributed by atoms with E-state index < -0.39 is 0 Å². The summed E-state index contributed by atoms with van der Waals surface area (Å²) in [7, 11) is 0. The monoisotopic (exact) mass is 566 g/mol. The van der Waals surface area contributed by atoms with Gasteiger partial charge in [0, 0.05) is 22.4 Å². The number of imidazole rings is 1. The summed E-state index contributed by atoms with van der Waals surface area (Å²) >= 11 is 8.39. The summed E-state index contributed by atoms with van der Waals surface area (Å²) in [5.41, 5.74) is 4.08. The number of rotatable bonds is 5. The van der Waals surface area contributed by atoms with Crippen LogP contribution in [0, 0.1) is 3.57 Å². The summed E-state index contributed by atoms with van der Waals surface area (Å²) in [4.78, 5) is 7.23. The Balaban J connectivity index is 0.000000165. The second-order valence-corrected chi connectivity index (χ2v) is 10.2. The number of benzene rings is 3. The molecule has 168 valence electrons. The zero-order valence-electron chi connectivity index (χ0n) is 18.8. The van der Waals surface area contributed by atoms with Gasteiger partial charge in [-0.25, -0.2) is 4.98 Å². The van der Waals surface area contributed by atoms with Crippen molar-refractivity contribution in [2.75, 3.05) is 0 Å². The molecule has 0 unspecified atom stereocenters. The highest BCUT2D eigenvalue weighted by Gasteiger charge is 2.29. The lowest BCUT2D eigenvalue weighted by molar-refractivity contribution is 0.499. The summed E-state index contributed by atoms with van der Waals surface area (Å²) < 4.78 is 1.08. The van der Waals surface area contributed by atoms with E-state index in [2.05, 4.69) is 93.2 Å². The molecule has 2 nitrogen and oxygen atoms in total. The standard InChI is InChI=1S/C18H21B.C10H8ClIN2/c1-4-10-16(11-5-1)19(17-12-6-2-7-13-17)18-14-8-3-9-15-18;11-10-7(2-1-3-8(10)12)6-9-13-4-5-14-9/h1-2,4-7,10-13,18H,3,8-9,14-15H2;1-5H,6H2,(H,13,14). The van der Waals surface area contributed by atoms with Crippen LogP contribution in [0.5, 0.6) is 0 Å². The average Bonchev–Trinajstić information content (AvgIpc) is 3.38. The van der Waals surface area contributed by atoms with Crippen molar-refractivity contribution < 1.29 is 0 Å². The molecule has 4 aromatic rings. The molecule has 0 atom stereocenters. The van der Waals surface area contributed by atoms with Gasteiger partial charge in [0.15, 0.2) is 0 Å². The smallest absolute Gasteiger partial charge is 0.212 e. The van der Waals surface area contributed by atoms with Gasteiger partial charge >= 0.3 is 0 Å². The number of aromatic amines is 1. The Morgan fingerprint density at radius 3 is 2.06 bits per heavy atom. The molecule has 1 heterocycles. The first-order valence-corrected chi connectivity index (χ1v) is 13.2. The summed E-state index contributed by atoms with van der Waals surface area (Å²) in [6, 6.07) is 28.1. The largest absolute Gasteiger partial charge is 0.348 e. The molecule has 1 N–H and O–H groups in total. The van der Waals surface area contributed by atoms with Gasteiger partial charge in [-0.2, -0.15) is 0 Å². The second kappa shape index (κ2) is 12.4. The van der Waals surface area contributed by atoms with Crippen molar-refractivity contribution in [1.29, 1.82) is 0 Å². The normalized spacial score (nSPS) is 13.8. The first-order chi connectivity index (χ1) is 16.2. The van der Waals surface area contributed by atoms with Crippen LogP contribution in [0.1, 0.15) is 43.5 Å². The Morgan fingerprint density at radius 2 is 1.48 bits per heavy atom. The molecule has 1 aliphatic rings. The van der Waals surface area contributed by atoms with Gasteiger partial charge in [-0.3, -0.25) is 0 Å². The van der Waals surface area contributed by atoms with Crippen LogP contribution in [0.15, 0.2) is 91.3 Å². The Hall–Kier alpha value is -2.05. The molecule has 0 bridgehead atoms. The maximum absolute atomic E-state index is 6.16. The van der Waals surface area contributed by atoms with E-state index in [9.17, 15) is 0 Å². The Labute approximate surface area is 216 Å². The molecule has 0 amide bonds. The lowest BCUT2D eigenvalue weighted by atomic mass is 9.32. The second-order valence-electron chi connectivity index (χ2n) is 8.62. The average molecular weight is 567 g/mol. The Morgan fingerprint density at radius 1 is 0.848 bits per heavy atom. The molecular weight excluding hydrogens is 537 g/mol. The van der Waals surface area contributed by atoms with Crippen LogP contribution in [0.4, 0.5) is 0 Å². The van der Waals surface area contributed by atoms with Crippen LogP contribution in [0.3, 0.4) is 0 Å². The quantitative estimate of drug-likeness (QED) is 0.207. The topological polar surface area (TPSA) is 28.7 Å². The van der Waals surface area contributed by atoms with Gasteiger partial charge in [0.05, 0.1) is 5.02 Å². The van der Waals surface area contributed by atoms with E-state index >= 15 is 0 Å². The van der Waals surface area contributed by atoms with Crippen LogP contribution in [0.25, 0.3) is 0 Å². The van der Waals surface area contributed by atoms with Gasteiger partial charge in [-0.05, 0) is 34.2 Å². The third kappa shape index (κ3) is 6.74. The lowest BCUT2D eigenvalue weighted by Gasteiger charge is -2.28. The Kier molecular flexibility index (Phi) is 9.07. The maximum Gasteiger partial charge on any atom is 0.212 e. The minimum Gasteiger partial charge on any atom is -0.348 e. The van der Waals surface area contributed by atoms with Crippen molar-refractivity contribution in [3.8, 4) is 0 Å². The SMILES string of the molecule is Clc1c(I)cccc1Cc1ncc[nH]1.c1ccc(B(c2ccccc2)C2CCCCC2)cc1. The number of nitrogens with one attached hydrogen (secondary N) is 1. The maximum atomic E-state index is 6.16. The fraction of sp³-hybridized carbons (Fsp3) is 0.250. The Bertz CT molecular complexity index is 1060. The van der Waals surface area contributed by atoms with E-state index in [4.69, 9.17) is 11.6 Å². The first-order valence-electron chi connectivity index (χ1n) is 11.7. The fourth-order valence-electron chi connectivity index (χ4n) is 4.79. The third-order valence-electron chi connectivity index (χ3n) is 6.38. The van der Waals surface area contributed by atoms with Crippen LogP contribution in [0.2, 0.25) is 10.8 Å². The number of hydrogen-bond donors (Lipinski definition) is 1. The van der Waals surface area contributed by atoms with E-state index in [0.29, 0.717) is 6.71 Å². The van der Waals surface area contributed by atoms with Crippen LogP contribution in [-0.2, 0) is 6.42 Å². The van der Waals surface area contributed by atoms with Gasteiger partial charge in [0.25, 0.3) is 0 Å². The van der Waals surface area contributed by atoms with E-state index in [1.165, 1.54) is 43.0 Å². The van der Waals surface area contributed by atoms with Crippen molar-refractivity contribution in [2.45, 2.75) is 44.3 Å². The number of H-pyrrole nitrogens is 1. The number of halogens is 2. The summed E-state index contributed by atoms with van der Waals surface area (Å²) in [5.74, 6) is 1.76. The molecule has 1 saturated carbocycles. The fourth-order valence-corrected chi connectivity index (χ4v) is 5.53. The molecule has 1 fully saturated rings. The minimum atomic E-state index is 0.586. The third-order valence-corrected chi connectivity index (χ3v) is 8.05. The minimum absolute atomic E-state index is 0.586. The van der Waals surface area contributed by atoms with Crippen LogP contribution < -0.4 is 10.9 Å².